The Bertz CT molecular complexity index is 561. The van der Waals surface area contributed by atoms with Gasteiger partial charge in [-0.05, 0) is 40.2 Å². The maximum atomic E-state index is 4.88. The Hall–Kier alpha value is 9.24. The molecule has 0 aliphatic rings. The van der Waals surface area contributed by atoms with Crippen LogP contribution in [0.5, 0.6) is 0 Å². The molecule has 0 nitrogen and oxygen atoms in total. The first-order chi connectivity index (χ1) is 19.2. The van der Waals surface area contributed by atoms with Gasteiger partial charge in [0, 0.05) is 213 Å². The Morgan fingerprint density at radius 3 is 0.589 bits per heavy atom. The molecule has 0 aromatic heterocycles. The molecule has 330 valence electrons. The standard InChI is InChI=1S/2C6H11S2.2C5H11.2C3H6S2.2C3H5.2CH4.4CH3.2W.6Y/c2*1-4-5(2)8-6(3)7;2*1-4-5(2)3;2*1-3(4)5-2;2*1-3-2;;;;;;;;;;;;;;/h2*4H2,1-3H3;2*4H2,1-3H3;2*1-2H3;2*1H2,2H3;2*1H4;4*1H3;;;;;;;;/q4*-1;;;2*-1;;;4*-1;2*+2;;;;;;. The van der Waals surface area contributed by atoms with E-state index in [9.17, 15) is 0 Å². The smallest absolute Gasteiger partial charge is 0.507 e. The largest absolute Gasteiger partial charge is 2.00 e. The molecule has 0 rings (SSSR count). The fourth-order valence-corrected chi connectivity index (χ4v) is 2.76. The number of thioether (sulfide) groups is 4. The predicted molar refractivity (Wildman–Crippen MR) is 272 cm³/mol. The van der Waals surface area contributed by atoms with Crippen molar-refractivity contribution in [1.82, 2.24) is 0 Å². The summed E-state index contributed by atoms with van der Waals surface area (Å²) in [6.45, 7) is 39.1. The zero-order valence-corrected chi connectivity index (χ0v) is 68.2. The molecule has 0 saturated carbocycles. The van der Waals surface area contributed by atoms with Gasteiger partial charge in [-0.2, -0.15) is 81.1 Å². The molecule has 0 heterocycles. The molecule has 16 heteroatoms. The summed E-state index contributed by atoms with van der Waals surface area (Å²) in [5, 5.41) is 2.80. The molecular formula is C40H86S8W2Y6-6. The van der Waals surface area contributed by atoms with E-state index in [1.165, 1.54) is 35.2 Å². The fourth-order valence-electron chi connectivity index (χ4n) is 0.635. The van der Waals surface area contributed by atoms with Crippen LogP contribution in [-0.4, -0.2) is 29.3 Å². The molecule has 0 spiro atoms. The summed E-state index contributed by atoms with van der Waals surface area (Å²) in [5.41, 5.74) is 0. The second-order valence-electron chi connectivity index (χ2n) is 8.52. The van der Waals surface area contributed by atoms with Crippen LogP contribution < -0.4 is 0 Å². The van der Waals surface area contributed by atoms with E-state index >= 15 is 0 Å². The van der Waals surface area contributed by atoms with Gasteiger partial charge < -0.3 is 77.2 Å². The molecule has 0 amide bonds. The summed E-state index contributed by atoms with van der Waals surface area (Å²) in [7, 11) is 0. The molecule has 0 N–H and O–H groups in total. The average molecular weight is 1720 g/mol. The van der Waals surface area contributed by atoms with Gasteiger partial charge in [-0.3, -0.25) is 23.7 Å². The molecular weight excluding hydrogens is 1640 g/mol. The molecule has 0 unspecified atom stereocenters. The minimum atomic E-state index is 0. The number of allylic oxidation sites excluding steroid dienone is 2. The fraction of sp³-hybridized carbons (Fsp3) is 0.600. The minimum absolute atomic E-state index is 0. The number of rotatable bonds is 6. The molecule has 56 heavy (non-hydrogen) atoms. The van der Waals surface area contributed by atoms with Gasteiger partial charge in [0.25, 0.3) is 0 Å². The van der Waals surface area contributed by atoms with E-state index in [1.807, 2.05) is 40.2 Å². The van der Waals surface area contributed by atoms with Gasteiger partial charge in [-0.1, -0.05) is 91.4 Å². The SMILES string of the molecule is C.C.C=[C-]C.C=[C-]C.CC[C-](C)C.CC[C-](C)C.CC[C-](C)SC(C)=S.CC[C-](C)SC(C)=S.CSC(C)=S.CSC(C)=S.[CH3-].[CH3-].[CH3-].[CH3-].[W+2].[W+2].[Y].[Y].[Y].[Y].[Y].[Y]. The normalized spacial score (nSPS) is 6.39. The molecule has 0 fully saturated rings. The van der Waals surface area contributed by atoms with Crippen LogP contribution in [0.25, 0.3) is 0 Å². The first-order valence-electron chi connectivity index (χ1n) is 13.8. The first-order valence-corrected chi connectivity index (χ1v) is 19.5. The summed E-state index contributed by atoms with van der Waals surface area (Å²) in [5.74, 6) is 3.01. The van der Waals surface area contributed by atoms with Crippen molar-refractivity contribution in [1.29, 1.82) is 0 Å². The summed E-state index contributed by atoms with van der Waals surface area (Å²) >= 11 is 25.7. The molecule has 0 aromatic rings. The van der Waals surface area contributed by atoms with Crippen LogP contribution in [0.3, 0.4) is 0 Å². The molecule has 0 saturated heterocycles. The topological polar surface area (TPSA) is 0 Å². The van der Waals surface area contributed by atoms with Crippen LogP contribution >= 0.6 is 95.9 Å². The van der Waals surface area contributed by atoms with E-state index in [0.29, 0.717) is 0 Å². The number of hydrogen-bond donors (Lipinski definition) is 0. The monoisotopic (exact) mass is 1720 g/mol. The van der Waals surface area contributed by atoms with E-state index in [2.05, 4.69) is 119 Å². The minimum Gasteiger partial charge on any atom is -0.507 e. The summed E-state index contributed by atoms with van der Waals surface area (Å²) in [4.78, 5) is 0. The Balaban J connectivity index is -0.0000000116. The Labute approximate surface area is 580 Å². The second kappa shape index (κ2) is 137. The van der Waals surface area contributed by atoms with Gasteiger partial charge in [0.2, 0.25) is 0 Å². The molecule has 6 radical (unpaired) electrons. The van der Waals surface area contributed by atoms with Gasteiger partial charge in [-0.25, -0.2) is 0 Å². The van der Waals surface area contributed by atoms with E-state index in [4.69, 9.17) is 24.4 Å². The van der Waals surface area contributed by atoms with Crippen LogP contribution in [0.15, 0.2) is 13.2 Å². The van der Waals surface area contributed by atoms with Crippen LogP contribution in [0.2, 0.25) is 0 Å². The van der Waals surface area contributed by atoms with Gasteiger partial charge in [0.05, 0.1) is 0 Å². The van der Waals surface area contributed by atoms with Crippen molar-refractivity contribution in [2.45, 2.75) is 151 Å². The Morgan fingerprint density at radius 1 is 0.464 bits per heavy atom. The number of hydrogen-bond acceptors (Lipinski definition) is 8. The van der Waals surface area contributed by atoms with E-state index in [0.717, 1.165) is 29.6 Å². The average Bonchev–Trinajstić information content (AvgIpc) is 2.90. The van der Waals surface area contributed by atoms with Crippen molar-refractivity contribution in [3.8, 4) is 0 Å². The van der Waals surface area contributed by atoms with Gasteiger partial charge in [0.1, 0.15) is 0 Å². The molecule has 0 aliphatic heterocycles. The molecule has 0 bridgehead atoms. The predicted octanol–water partition coefficient (Wildman–Crippen LogP) is 18.5. The quantitative estimate of drug-likeness (QED) is 0.188. The van der Waals surface area contributed by atoms with Crippen LogP contribution in [0, 0.1) is 64.2 Å². The zero-order valence-electron chi connectivity index (χ0n) is 38.8. The third-order valence-corrected chi connectivity index (χ3v) is 8.12. The number of thiocarbonyl (C=S) groups is 4. The van der Waals surface area contributed by atoms with Crippen LogP contribution in [0.1, 0.15) is 151 Å². The Kier molecular flexibility index (Phi) is 353. The van der Waals surface area contributed by atoms with Crippen LogP contribution in [0.4, 0.5) is 0 Å². The van der Waals surface area contributed by atoms with Crippen molar-refractivity contribution in [2.75, 3.05) is 12.5 Å². The zero-order chi connectivity index (χ0) is 35.7. The molecule has 0 aliphatic carbocycles. The van der Waals surface area contributed by atoms with Gasteiger partial charge in [0.15, 0.2) is 0 Å². The van der Waals surface area contributed by atoms with Crippen molar-refractivity contribution < 1.29 is 238 Å². The summed E-state index contributed by atoms with van der Waals surface area (Å²) in [6.07, 6.45) is 13.6. The molecule has 0 atom stereocenters. The van der Waals surface area contributed by atoms with E-state index in [-0.39, 0.29) is 283 Å². The van der Waals surface area contributed by atoms with Crippen molar-refractivity contribution in [3.63, 3.8) is 0 Å². The van der Waals surface area contributed by atoms with Crippen molar-refractivity contribution >= 4 is 113 Å². The van der Waals surface area contributed by atoms with Crippen LogP contribution in [-0.2, 0) is 238 Å². The maximum Gasteiger partial charge on any atom is 2.00 e. The Morgan fingerprint density at radius 2 is 0.571 bits per heavy atom. The van der Waals surface area contributed by atoms with Gasteiger partial charge >= 0.3 is 42.1 Å². The summed E-state index contributed by atoms with van der Waals surface area (Å²) < 4.78 is 4.05. The van der Waals surface area contributed by atoms with Gasteiger partial charge in [-0.15, -0.1) is 23.5 Å². The molecule has 0 aromatic carbocycles. The van der Waals surface area contributed by atoms with E-state index in [1.54, 1.807) is 60.9 Å². The second-order valence-corrected chi connectivity index (χ2v) is 17.1. The third kappa shape index (κ3) is 287. The van der Waals surface area contributed by atoms with Crippen molar-refractivity contribution in [2.24, 2.45) is 0 Å². The maximum absolute atomic E-state index is 4.88. The third-order valence-electron chi connectivity index (χ3n) is 3.62. The van der Waals surface area contributed by atoms with E-state index < -0.39 is 0 Å². The van der Waals surface area contributed by atoms with Crippen molar-refractivity contribution in [3.05, 3.63) is 77.4 Å². The summed E-state index contributed by atoms with van der Waals surface area (Å²) in [6, 6.07) is 0. The first kappa shape index (κ1) is 144.